The number of pyridine rings is 1. The average Bonchev–Trinajstić information content (AvgIpc) is 3.16. The van der Waals surface area contributed by atoms with Gasteiger partial charge in [0.25, 0.3) is 0 Å². The Morgan fingerprint density at radius 3 is 2.45 bits per heavy atom. The van der Waals surface area contributed by atoms with Crippen LogP contribution < -0.4 is 0 Å². The molecule has 1 saturated heterocycles. The number of aromatic nitrogens is 1. The molecule has 3 nitrogen and oxygen atoms in total. The van der Waals surface area contributed by atoms with E-state index in [1.807, 2.05) is 12.3 Å². The molecular weight excluding hydrogens is 477 g/mol. The summed E-state index contributed by atoms with van der Waals surface area (Å²) in [6, 6.07) is 6.33. The molecular formula is C24H37Cl2N3SiTi-2. The first-order chi connectivity index (χ1) is 14.4. The third-order valence-corrected chi connectivity index (χ3v) is 11.9. The number of halogens is 2. The van der Waals surface area contributed by atoms with Crippen LogP contribution in [0.25, 0.3) is 10.9 Å². The van der Waals surface area contributed by atoms with Crippen molar-refractivity contribution in [2.75, 3.05) is 26.2 Å². The van der Waals surface area contributed by atoms with E-state index in [9.17, 15) is 0 Å². The van der Waals surface area contributed by atoms with Crippen LogP contribution in [0.15, 0.2) is 42.6 Å². The molecule has 1 aromatic heterocycles. The summed E-state index contributed by atoms with van der Waals surface area (Å²) in [7, 11) is 8.22. The van der Waals surface area contributed by atoms with Gasteiger partial charge in [0.15, 0.2) is 0 Å². The number of nitrogens with zero attached hydrogens (tertiary/aromatic N) is 3. The zero-order valence-corrected chi connectivity index (χ0v) is 23.6. The van der Waals surface area contributed by atoms with Gasteiger partial charge in [-0.3, -0.25) is 4.98 Å². The zero-order valence-electron chi connectivity index (χ0n) is 19.6. The molecule has 0 amide bonds. The van der Waals surface area contributed by atoms with E-state index in [-0.39, 0.29) is 7.43 Å². The molecule has 172 valence electrons. The molecule has 0 aromatic carbocycles. The van der Waals surface area contributed by atoms with Crippen molar-refractivity contribution in [1.29, 1.82) is 0 Å². The van der Waals surface area contributed by atoms with Crippen molar-refractivity contribution < 1.29 is 17.0 Å². The van der Waals surface area contributed by atoms with Crippen LogP contribution in [0.4, 0.5) is 0 Å². The molecule has 7 heteroatoms. The summed E-state index contributed by atoms with van der Waals surface area (Å²) >= 11 is -0.556. The van der Waals surface area contributed by atoms with Crippen molar-refractivity contribution >= 4 is 32.4 Å². The SMILES string of the molecule is CC(C)C1CC2C(c3ccccn3)=CC=CC2C1[Si](C)(C)N1CC[N-]CC1.[CH3-].[Cl][Ti][Cl]. The molecule has 0 N–H and O–H groups in total. The Balaban J connectivity index is 0.000000808. The molecule has 4 unspecified atom stereocenters. The van der Waals surface area contributed by atoms with Gasteiger partial charge in [0.1, 0.15) is 8.24 Å². The molecule has 4 atom stereocenters. The first kappa shape index (κ1) is 27.3. The van der Waals surface area contributed by atoms with E-state index in [4.69, 9.17) is 23.6 Å². The van der Waals surface area contributed by atoms with Gasteiger partial charge >= 0.3 is 35.6 Å². The topological polar surface area (TPSA) is 30.2 Å². The fraction of sp³-hybridized carbons (Fsp3) is 0.583. The van der Waals surface area contributed by atoms with Crippen molar-refractivity contribution in [2.24, 2.45) is 23.7 Å². The first-order valence-corrected chi connectivity index (χ1v) is 18.4. The van der Waals surface area contributed by atoms with Gasteiger partial charge in [0, 0.05) is 6.20 Å². The van der Waals surface area contributed by atoms with Gasteiger partial charge in [-0.1, -0.05) is 51.2 Å². The van der Waals surface area contributed by atoms with Gasteiger partial charge in [-0.2, -0.15) is 0 Å². The second kappa shape index (κ2) is 12.5. The minimum absolute atomic E-state index is 0. The Bertz CT molecular complexity index is 736. The fourth-order valence-corrected chi connectivity index (χ4v) is 10.6. The predicted molar refractivity (Wildman–Crippen MR) is 135 cm³/mol. The van der Waals surface area contributed by atoms with E-state index >= 15 is 0 Å². The third-order valence-electron chi connectivity index (χ3n) is 7.38. The third kappa shape index (κ3) is 6.15. The summed E-state index contributed by atoms with van der Waals surface area (Å²) < 4.78 is 2.86. The van der Waals surface area contributed by atoms with Gasteiger partial charge in [0.05, 0.1) is 5.69 Å². The second-order valence-corrected chi connectivity index (χ2v) is 16.6. The molecule has 2 heterocycles. The molecule has 1 saturated carbocycles. The second-order valence-electron chi connectivity index (χ2n) is 9.46. The predicted octanol–water partition coefficient (Wildman–Crippen LogP) is 7.03. The summed E-state index contributed by atoms with van der Waals surface area (Å²) in [6.45, 7) is 14.5. The Labute approximate surface area is 207 Å². The maximum atomic E-state index is 4.89. The van der Waals surface area contributed by atoms with Crippen LogP contribution in [0.5, 0.6) is 0 Å². The van der Waals surface area contributed by atoms with Crippen LogP contribution in [0.1, 0.15) is 26.0 Å². The molecule has 3 aliphatic rings. The summed E-state index contributed by atoms with van der Waals surface area (Å²) in [4.78, 5) is 4.70. The van der Waals surface area contributed by atoms with E-state index in [2.05, 4.69) is 67.2 Å². The van der Waals surface area contributed by atoms with Gasteiger partial charge in [-0.25, -0.2) is 0 Å². The van der Waals surface area contributed by atoms with E-state index in [1.54, 1.807) is 0 Å². The molecule has 2 fully saturated rings. The van der Waals surface area contributed by atoms with Crippen molar-refractivity contribution in [3.8, 4) is 0 Å². The number of hydrogen-bond acceptors (Lipinski definition) is 2. The molecule has 2 aliphatic carbocycles. The molecule has 0 bridgehead atoms. The number of piperazine rings is 1. The normalized spacial score (nSPS) is 28.2. The molecule has 4 rings (SSSR count). The van der Waals surface area contributed by atoms with E-state index in [0.717, 1.165) is 30.5 Å². The van der Waals surface area contributed by atoms with Crippen LogP contribution in [-0.4, -0.2) is 44.0 Å². The minimum atomic E-state index is -1.56. The van der Waals surface area contributed by atoms with Crippen LogP contribution in [0, 0.1) is 31.1 Å². The molecule has 0 radical (unpaired) electrons. The number of fused-ring (bicyclic) bond motifs is 1. The Kier molecular flexibility index (Phi) is 11.0. The number of allylic oxidation sites excluding steroid dienone is 4. The zero-order chi connectivity index (χ0) is 21.7. The monoisotopic (exact) mass is 513 g/mol. The van der Waals surface area contributed by atoms with Crippen LogP contribution >= 0.6 is 18.6 Å². The van der Waals surface area contributed by atoms with Gasteiger partial charge in [0.2, 0.25) is 0 Å². The van der Waals surface area contributed by atoms with Crippen molar-refractivity contribution in [1.82, 2.24) is 9.55 Å². The first-order valence-electron chi connectivity index (χ1n) is 11.1. The van der Waals surface area contributed by atoms with Crippen molar-refractivity contribution in [3.05, 3.63) is 61.1 Å². The Hall–Kier alpha value is 0.0612. The van der Waals surface area contributed by atoms with Crippen molar-refractivity contribution in [3.63, 3.8) is 0 Å². The molecule has 0 spiro atoms. The van der Waals surface area contributed by atoms with Gasteiger partial charge in [-0.05, 0) is 66.4 Å². The van der Waals surface area contributed by atoms with Gasteiger partial charge in [-0.15, -0.1) is 13.1 Å². The van der Waals surface area contributed by atoms with E-state index < -0.39 is 25.3 Å². The van der Waals surface area contributed by atoms with Crippen LogP contribution in [0.2, 0.25) is 18.6 Å². The summed E-state index contributed by atoms with van der Waals surface area (Å²) in [5.74, 6) is 2.83. The fourth-order valence-electron chi connectivity index (χ4n) is 6.02. The number of rotatable bonds is 4. The maximum absolute atomic E-state index is 4.89. The van der Waals surface area contributed by atoms with E-state index in [0.29, 0.717) is 11.8 Å². The average molecular weight is 514 g/mol. The number of hydrogen-bond donors (Lipinski definition) is 0. The van der Waals surface area contributed by atoms with Crippen molar-refractivity contribution in [2.45, 2.75) is 38.9 Å². The molecule has 1 aromatic rings. The van der Waals surface area contributed by atoms with E-state index in [1.165, 1.54) is 30.8 Å². The van der Waals surface area contributed by atoms with Crippen LogP contribution in [-0.2, 0) is 17.0 Å². The quantitative estimate of drug-likeness (QED) is 0.319. The summed E-state index contributed by atoms with van der Waals surface area (Å²) in [5, 5.41) is 4.60. The Morgan fingerprint density at radius 2 is 1.87 bits per heavy atom. The van der Waals surface area contributed by atoms with Crippen LogP contribution in [0.3, 0.4) is 0 Å². The standard InChI is InChI=1S/C23H34N3Si.CH3.2ClH.Ti/c1-17(2)20-16-21-18(22-10-5-6-11-25-22)8-7-9-19(21)23(20)27(3,4)26-14-12-24-13-15-26;;;;/h5-11,17,19-21,23H,12-16H2,1-4H3;1H3;2*1H;/q2*-1;;;+2/p-2. The molecule has 1 aliphatic heterocycles. The summed E-state index contributed by atoms with van der Waals surface area (Å²) in [6.07, 6.45) is 10.4. The Morgan fingerprint density at radius 1 is 1.19 bits per heavy atom. The van der Waals surface area contributed by atoms with Gasteiger partial charge < -0.3 is 17.3 Å². The summed E-state index contributed by atoms with van der Waals surface area (Å²) in [5.41, 5.74) is 3.45. The molecule has 31 heavy (non-hydrogen) atoms.